The van der Waals surface area contributed by atoms with Crippen molar-refractivity contribution in [3.8, 4) is 0 Å². The van der Waals surface area contributed by atoms with Crippen molar-refractivity contribution in [2.24, 2.45) is 10.7 Å². The van der Waals surface area contributed by atoms with E-state index in [1.54, 1.807) is 7.05 Å². The maximum absolute atomic E-state index is 11.4. The fraction of sp³-hybridized carbons (Fsp3) is 0.588. The molecule has 12 heteroatoms. The Morgan fingerprint density at radius 3 is 2.79 bits per heavy atom. The van der Waals surface area contributed by atoms with Crippen LogP contribution in [-0.2, 0) is 4.74 Å². The number of aliphatic imine (C=N–C) groups is 1. The molecule has 0 spiro atoms. The van der Waals surface area contributed by atoms with Gasteiger partial charge >= 0.3 is 5.70 Å². The zero-order chi connectivity index (χ0) is 21.7. The van der Waals surface area contributed by atoms with Crippen LogP contribution in [0.5, 0.6) is 0 Å². The van der Waals surface area contributed by atoms with E-state index in [2.05, 4.69) is 15.0 Å². The van der Waals surface area contributed by atoms with E-state index >= 15 is 0 Å². The Hall–Kier alpha value is -2.17. The molecule has 10 nitrogen and oxygen atoms in total. The molecule has 0 unspecified atom stereocenters. The summed E-state index contributed by atoms with van der Waals surface area (Å²) in [5.74, 6) is 0.174. The number of nitrogens with zero attached hydrogens (tertiary/aromatic N) is 5. The van der Waals surface area contributed by atoms with Crippen LogP contribution in [0.1, 0.15) is 33.1 Å². The van der Waals surface area contributed by atoms with Gasteiger partial charge in [0.25, 0.3) is 5.88 Å². The Kier molecular flexibility index (Phi) is 8.00. The van der Waals surface area contributed by atoms with Crippen molar-refractivity contribution in [1.82, 2.24) is 9.97 Å². The number of aliphatic hydroxyl groups excluding tert-OH is 1. The van der Waals surface area contributed by atoms with Crippen molar-refractivity contribution in [3.05, 3.63) is 38.2 Å². The van der Waals surface area contributed by atoms with Crippen LogP contribution in [0.4, 0.5) is 5.82 Å². The Bertz CT molecular complexity index is 813. The number of hydrogen-bond acceptors (Lipinski definition) is 9. The molecular weight excluding hydrogens is 423 g/mol. The summed E-state index contributed by atoms with van der Waals surface area (Å²) in [5, 5.41) is 21.2. The molecule has 0 bridgehead atoms. The van der Waals surface area contributed by atoms with Gasteiger partial charge in [0, 0.05) is 19.5 Å². The number of nitrogens with two attached hydrogens (primary N) is 1. The molecule has 1 aliphatic rings. The first-order chi connectivity index (χ1) is 13.6. The molecule has 0 saturated heterocycles. The van der Waals surface area contributed by atoms with Gasteiger partial charge < -0.3 is 20.5 Å². The van der Waals surface area contributed by atoms with Gasteiger partial charge in [0.2, 0.25) is 5.28 Å². The van der Waals surface area contributed by atoms with Crippen LogP contribution >= 0.6 is 23.2 Å². The van der Waals surface area contributed by atoms with Crippen LogP contribution in [0.15, 0.2) is 22.8 Å². The second-order valence-corrected chi connectivity index (χ2v) is 7.62. The fourth-order valence-corrected chi connectivity index (χ4v) is 3.15. The molecule has 29 heavy (non-hydrogen) atoms. The van der Waals surface area contributed by atoms with Gasteiger partial charge in [0.05, 0.1) is 29.9 Å². The molecule has 1 atom stereocenters. The van der Waals surface area contributed by atoms with Crippen molar-refractivity contribution in [3.63, 3.8) is 0 Å². The molecule has 1 saturated carbocycles. The van der Waals surface area contributed by atoms with Crippen molar-refractivity contribution in [2.45, 2.75) is 51.3 Å². The van der Waals surface area contributed by atoms with Gasteiger partial charge in [-0.2, -0.15) is 4.98 Å². The summed E-state index contributed by atoms with van der Waals surface area (Å²) in [7, 11) is 1.79. The number of halogens is 2. The van der Waals surface area contributed by atoms with Crippen LogP contribution in [0.3, 0.4) is 0 Å². The van der Waals surface area contributed by atoms with Crippen molar-refractivity contribution in [1.29, 1.82) is 0 Å². The third kappa shape index (κ3) is 6.15. The number of allylic oxidation sites excluding steroid dienone is 1. The highest BCUT2D eigenvalue weighted by Gasteiger charge is 2.30. The number of aliphatic hydroxyl groups is 1. The highest BCUT2D eigenvalue weighted by atomic mass is 35.5. The SMILES string of the molecule is CC(=NC1CC(O)C1)/C(=C(\N)OCC[C@@H](C)N(C)c1nc(Cl)ncc1Cl)[N+](=O)[O-]. The predicted octanol–water partition coefficient (Wildman–Crippen LogP) is 2.40. The molecule has 1 heterocycles. The summed E-state index contributed by atoms with van der Waals surface area (Å²) in [6, 6.07) is -0.206. The fourth-order valence-electron chi connectivity index (χ4n) is 2.79. The van der Waals surface area contributed by atoms with Gasteiger partial charge in [-0.3, -0.25) is 15.1 Å². The Morgan fingerprint density at radius 2 is 2.21 bits per heavy atom. The number of ether oxygens (including phenoxy) is 1. The van der Waals surface area contributed by atoms with E-state index in [0.717, 1.165) is 0 Å². The number of nitro groups is 1. The molecule has 1 aliphatic carbocycles. The molecule has 1 fully saturated rings. The summed E-state index contributed by atoms with van der Waals surface area (Å²) in [5.41, 5.74) is 5.63. The van der Waals surface area contributed by atoms with E-state index < -0.39 is 11.0 Å². The third-order valence-electron chi connectivity index (χ3n) is 4.71. The number of anilines is 1. The Labute approximate surface area is 178 Å². The van der Waals surface area contributed by atoms with E-state index in [1.165, 1.54) is 13.1 Å². The summed E-state index contributed by atoms with van der Waals surface area (Å²) < 4.78 is 5.42. The van der Waals surface area contributed by atoms with Crippen molar-refractivity contribution >= 4 is 34.7 Å². The second-order valence-electron chi connectivity index (χ2n) is 6.87. The van der Waals surface area contributed by atoms with Gasteiger partial charge in [-0.15, -0.1) is 0 Å². The average molecular weight is 447 g/mol. The molecule has 3 N–H and O–H groups in total. The lowest BCUT2D eigenvalue weighted by atomic mass is 9.90. The van der Waals surface area contributed by atoms with Gasteiger partial charge in [0.15, 0.2) is 5.82 Å². The molecule has 0 radical (unpaired) electrons. The Morgan fingerprint density at radius 1 is 1.55 bits per heavy atom. The maximum atomic E-state index is 11.4. The molecule has 0 amide bonds. The topological polar surface area (TPSA) is 140 Å². The lowest BCUT2D eigenvalue weighted by molar-refractivity contribution is -0.418. The Balaban J connectivity index is 1.99. The van der Waals surface area contributed by atoms with E-state index in [4.69, 9.17) is 33.7 Å². The van der Waals surface area contributed by atoms with Crippen LogP contribution in [0.25, 0.3) is 0 Å². The first-order valence-electron chi connectivity index (χ1n) is 9.00. The molecular formula is C17H24Cl2N6O4. The average Bonchev–Trinajstić information content (AvgIpc) is 2.61. The molecule has 0 aromatic carbocycles. The summed E-state index contributed by atoms with van der Waals surface area (Å²) in [6.45, 7) is 3.56. The molecule has 160 valence electrons. The molecule has 2 rings (SSSR count). The summed E-state index contributed by atoms with van der Waals surface area (Å²) >= 11 is 11.9. The summed E-state index contributed by atoms with van der Waals surface area (Å²) in [6.07, 6.45) is 2.49. The lowest BCUT2D eigenvalue weighted by Gasteiger charge is -2.28. The van der Waals surface area contributed by atoms with Gasteiger partial charge in [-0.1, -0.05) is 11.6 Å². The minimum Gasteiger partial charge on any atom is -0.474 e. The maximum Gasteiger partial charge on any atom is 0.348 e. The van der Waals surface area contributed by atoms with Crippen LogP contribution in [-0.4, -0.2) is 57.6 Å². The summed E-state index contributed by atoms with van der Waals surface area (Å²) in [4.78, 5) is 24.8. The molecule has 1 aromatic heterocycles. The molecule has 0 aliphatic heterocycles. The van der Waals surface area contributed by atoms with E-state index in [9.17, 15) is 15.2 Å². The highest BCUT2D eigenvalue weighted by Crippen LogP contribution is 2.25. The number of hydrogen-bond donors (Lipinski definition) is 2. The van der Waals surface area contributed by atoms with Crippen LogP contribution < -0.4 is 10.6 Å². The van der Waals surface area contributed by atoms with Crippen LogP contribution in [0.2, 0.25) is 10.3 Å². The van der Waals surface area contributed by atoms with E-state index in [0.29, 0.717) is 30.1 Å². The molecule has 1 aromatic rings. The van der Waals surface area contributed by atoms with Crippen molar-refractivity contribution in [2.75, 3.05) is 18.6 Å². The zero-order valence-electron chi connectivity index (χ0n) is 16.4. The van der Waals surface area contributed by atoms with E-state index in [-0.39, 0.29) is 41.3 Å². The van der Waals surface area contributed by atoms with E-state index in [1.807, 2.05) is 11.8 Å². The minimum absolute atomic E-state index is 0.0726. The normalized spacial score (nSPS) is 21.1. The largest absolute Gasteiger partial charge is 0.474 e. The number of aromatic nitrogens is 2. The van der Waals surface area contributed by atoms with Crippen LogP contribution in [0, 0.1) is 10.1 Å². The predicted molar refractivity (Wildman–Crippen MR) is 111 cm³/mol. The standard InChI is InChI=1S/C17H24Cl2N6O4/c1-9(24(3)16-13(18)8-21-17(19)23-16)4-5-29-15(20)14(25(27)28)10(2)22-11-6-12(26)7-11/h8-9,11-12,26H,4-7,20H2,1-3H3/b15-14-,22-10?/t9-,11?,12?/m1/s1. The monoisotopic (exact) mass is 446 g/mol. The third-order valence-corrected chi connectivity index (χ3v) is 5.16. The smallest absolute Gasteiger partial charge is 0.348 e. The number of rotatable bonds is 9. The first-order valence-corrected chi connectivity index (χ1v) is 9.76. The van der Waals surface area contributed by atoms with Gasteiger partial charge in [-0.25, -0.2) is 4.98 Å². The lowest BCUT2D eigenvalue weighted by Crippen LogP contribution is -2.33. The highest BCUT2D eigenvalue weighted by molar-refractivity contribution is 6.33. The first kappa shape index (κ1) is 23.1. The quantitative estimate of drug-likeness (QED) is 0.193. The second kappa shape index (κ2) is 10.0. The van der Waals surface area contributed by atoms with Gasteiger partial charge in [0.1, 0.15) is 10.7 Å². The minimum atomic E-state index is -0.610. The zero-order valence-corrected chi connectivity index (χ0v) is 17.9. The van der Waals surface area contributed by atoms with Gasteiger partial charge in [-0.05, 0) is 38.3 Å². The van der Waals surface area contributed by atoms with Crippen molar-refractivity contribution < 1.29 is 14.8 Å².